The highest BCUT2D eigenvalue weighted by Crippen LogP contribution is 2.23. The standard InChI is InChI=1S/C25H35NO2/c1-19(2)25-10-9-24(15-20(25)3)28-18-23(27)17-26-13-11-22(12-14-26)16-21-7-5-4-6-8-21/h4-10,15,19,22-23,27H,11-14,16-18H2,1-3H3/p+1/t23-/m1/s1. The summed E-state index contributed by atoms with van der Waals surface area (Å²) in [5.74, 6) is 2.16. The van der Waals surface area contributed by atoms with E-state index in [1.54, 1.807) is 0 Å². The van der Waals surface area contributed by atoms with Crippen molar-refractivity contribution in [1.29, 1.82) is 0 Å². The van der Waals surface area contributed by atoms with E-state index in [-0.39, 0.29) is 0 Å². The van der Waals surface area contributed by atoms with E-state index < -0.39 is 6.10 Å². The maximum Gasteiger partial charge on any atom is 0.137 e. The molecule has 0 bridgehead atoms. The van der Waals surface area contributed by atoms with Gasteiger partial charge >= 0.3 is 0 Å². The third kappa shape index (κ3) is 6.08. The average molecular weight is 383 g/mol. The van der Waals surface area contributed by atoms with Crippen LogP contribution in [0.4, 0.5) is 0 Å². The quantitative estimate of drug-likeness (QED) is 0.734. The highest BCUT2D eigenvalue weighted by atomic mass is 16.5. The minimum atomic E-state index is -0.411. The first-order valence-corrected chi connectivity index (χ1v) is 10.8. The Morgan fingerprint density at radius 2 is 1.79 bits per heavy atom. The number of aliphatic hydroxyl groups excluding tert-OH is 1. The molecule has 1 saturated heterocycles. The molecule has 28 heavy (non-hydrogen) atoms. The highest BCUT2D eigenvalue weighted by molar-refractivity contribution is 5.36. The van der Waals surface area contributed by atoms with Crippen LogP contribution in [-0.2, 0) is 6.42 Å². The fourth-order valence-corrected chi connectivity index (χ4v) is 4.41. The van der Waals surface area contributed by atoms with Crippen molar-refractivity contribution >= 4 is 0 Å². The normalized spacial score (nSPS) is 20.9. The van der Waals surface area contributed by atoms with Crippen LogP contribution >= 0.6 is 0 Å². The van der Waals surface area contributed by atoms with Gasteiger partial charge in [0.2, 0.25) is 0 Å². The second kappa shape index (κ2) is 10.1. The number of ether oxygens (including phenoxy) is 1. The SMILES string of the molecule is Cc1cc(OC[C@H](O)C[NH+]2CCC(Cc3ccccc3)CC2)ccc1C(C)C. The zero-order valence-corrected chi connectivity index (χ0v) is 17.7. The minimum absolute atomic E-state index is 0.372. The summed E-state index contributed by atoms with van der Waals surface area (Å²) in [6.45, 7) is 9.99. The number of nitrogens with one attached hydrogen (secondary N) is 1. The monoisotopic (exact) mass is 382 g/mol. The van der Waals surface area contributed by atoms with Crippen LogP contribution in [0.2, 0.25) is 0 Å². The van der Waals surface area contributed by atoms with Gasteiger partial charge in [0.15, 0.2) is 0 Å². The van der Waals surface area contributed by atoms with Gasteiger partial charge in [0.1, 0.15) is 25.0 Å². The van der Waals surface area contributed by atoms with Crippen LogP contribution in [0.3, 0.4) is 0 Å². The van der Waals surface area contributed by atoms with E-state index in [1.807, 2.05) is 6.07 Å². The number of benzene rings is 2. The smallest absolute Gasteiger partial charge is 0.137 e. The van der Waals surface area contributed by atoms with E-state index in [9.17, 15) is 5.11 Å². The van der Waals surface area contributed by atoms with E-state index in [2.05, 4.69) is 63.2 Å². The number of piperidine rings is 1. The Balaban J connectivity index is 1.39. The van der Waals surface area contributed by atoms with Crippen LogP contribution in [0.15, 0.2) is 48.5 Å². The number of likely N-dealkylation sites (tertiary alicyclic amines) is 1. The Kier molecular flexibility index (Phi) is 7.52. The summed E-state index contributed by atoms with van der Waals surface area (Å²) >= 11 is 0. The van der Waals surface area contributed by atoms with Crippen molar-refractivity contribution in [3.8, 4) is 5.75 Å². The van der Waals surface area contributed by atoms with Crippen molar-refractivity contribution in [2.24, 2.45) is 5.92 Å². The minimum Gasteiger partial charge on any atom is -0.491 e. The van der Waals surface area contributed by atoms with Gasteiger partial charge in [-0.1, -0.05) is 50.2 Å². The van der Waals surface area contributed by atoms with Gasteiger partial charge in [0, 0.05) is 0 Å². The van der Waals surface area contributed by atoms with E-state index >= 15 is 0 Å². The molecule has 0 saturated carbocycles. The fourth-order valence-electron chi connectivity index (χ4n) is 4.41. The van der Waals surface area contributed by atoms with Crippen molar-refractivity contribution < 1.29 is 14.7 Å². The molecule has 3 nitrogen and oxygen atoms in total. The lowest BCUT2D eigenvalue weighted by molar-refractivity contribution is -0.909. The van der Waals surface area contributed by atoms with Gasteiger partial charge in [-0.25, -0.2) is 0 Å². The van der Waals surface area contributed by atoms with Gasteiger partial charge in [-0.2, -0.15) is 0 Å². The molecule has 152 valence electrons. The number of hydrogen-bond acceptors (Lipinski definition) is 2. The van der Waals surface area contributed by atoms with Gasteiger partial charge in [0.25, 0.3) is 0 Å². The van der Waals surface area contributed by atoms with E-state index in [4.69, 9.17) is 4.74 Å². The largest absolute Gasteiger partial charge is 0.491 e. The molecule has 2 aromatic carbocycles. The molecule has 0 amide bonds. The number of rotatable bonds is 8. The Morgan fingerprint density at radius 1 is 1.07 bits per heavy atom. The molecule has 0 unspecified atom stereocenters. The molecular weight excluding hydrogens is 346 g/mol. The van der Waals surface area contributed by atoms with Crippen LogP contribution < -0.4 is 9.64 Å². The molecule has 1 fully saturated rings. The van der Waals surface area contributed by atoms with E-state index in [0.29, 0.717) is 12.5 Å². The molecule has 0 spiro atoms. The number of aliphatic hydroxyl groups is 1. The number of aryl methyl sites for hydroxylation is 1. The summed E-state index contributed by atoms with van der Waals surface area (Å²) in [7, 11) is 0. The lowest BCUT2D eigenvalue weighted by atomic mass is 9.90. The third-order valence-electron chi connectivity index (χ3n) is 6.01. The van der Waals surface area contributed by atoms with Crippen molar-refractivity contribution in [3.63, 3.8) is 0 Å². The van der Waals surface area contributed by atoms with Crippen LogP contribution in [0, 0.1) is 12.8 Å². The fraction of sp³-hybridized carbons (Fsp3) is 0.520. The van der Waals surface area contributed by atoms with Crippen molar-refractivity contribution in [2.45, 2.75) is 52.1 Å². The maximum absolute atomic E-state index is 10.4. The molecule has 1 heterocycles. The zero-order chi connectivity index (χ0) is 19.9. The Bertz CT molecular complexity index is 721. The molecule has 1 aliphatic rings. The first-order valence-electron chi connectivity index (χ1n) is 10.8. The van der Waals surface area contributed by atoms with Gasteiger partial charge < -0.3 is 14.7 Å². The summed E-state index contributed by atoms with van der Waals surface area (Å²) in [5, 5.41) is 10.4. The van der Waals surface area contributed by atoms with Gasteiger partial charge in [-0.3, -0.25) is 0 Å². The van der Waals surface area contributed by atoms with Gasteiger partial charge in [-0.05, 0) is 66.8 Å². The predicted octanol–water partition coefficient (Wildman–Crippen LogP) is 3.40. The van der Waals surface area contributed by atoms with Crippen molar-refractivity contribution in [1.82, 2.24) is 0 Å². The molecular formula is C25H36NO2+. The van der Waals surface area contributed by atoms with E-state index in [0.717, 1.165) is 31.3 Å². The van der Waals surface area contributed by atoms with E-state index in [1.165, 1.54) is 40.9 Å². The number of hydrogen-bond donors (Lipinski definition) is 2. The van der Waals surface area contributed by atoms with Crippen LogP contribution in [0.25, 0.3) is 0 Å². The molecule has 0 aromatic heterocycles. The van der Waals surface area contributed by atoms with Crippen LogP contribution in [0.5, 0.6) is 5.75 Å². The van der Waals surface area contributed by atoms with Crippen LogP contribution in [0.1, 0.15) is 49.3 Å². The molecule has 1 aliphatic heterocycles. The average Bonchev–Trinajstić information content (AvgIpc) is 2.68. The predicted molar refractivity (Wildman–Crippen MR) is 115 cm³/mol. The maximum atomic E-state index is 10.4. The molecule has 2 N–H and O–H groups in total. The Morgan fingerprint density at radius 3 is 2.43 bits per heavy atom. The van der Waals surface area contributed by atoms with Crippen LogP contribution in [-0.4, -0.2) is 37.5 Å². The van der Waals surface area contributed by atoms with Crippen molar-refractivity contribution in [3.05, 3.63) is 65.2 Å². The lowest BCUT2D eigenvalue weighted by Gasteiger charge is -2.30. The number of quaternary nitrogens is 1. The Labute approximate surface area is 170 Å². The lowest BCUT2D eigenvalue weighted by Crippen LogP contribution is -3.14. The molecule has 3 rings (SSSR count). The molecule has 3 heteroatoms. The summed E-state index contributed by atoms with van der Waals surface area (Å²) < 4.78 is 5.86. The van der Waals surface area contributed by atoms with Gasteiger partial charge in [0.05, 0.1) is 13.1 Å². The molecule has 1 atom stereocenters. The summed E-state index contributed by atoms with van der Waals surface area (Å²) in [5.41, 5.74) is 4.06. The van der Waals surface area contributed by atoms with Crippen molar-refractivity contribution in [2.75, 3.05) is 26.2 Å². The summed E-state index contributed by atoms with van der Waals surface area (Å²) in [6, 6.07) is 17.1. The Hall–Kier alpha value is -1.84. The topological polar surface area (TPSA) is 33.9 Å². The second-order valence-electron chi connectivity index (χ2n) is 8.73. The first kappa shape index (κ1) is 20.9. The molecule has 0 radical (unpaired) electrons. The first-order chi connectivity index (χ1) is 13.5. The van der Waals surface area contributed by atoms with Gasteiger partial charge in [-0.15, -0.1) is 0 Å². The molecule has 0 aliphatic carbocycles. The zero-order valence-electron chi connectivity index (χ0n) is 17.7. The molecule has 2 aromatic rings. The second-order valence-corrected chi connectivity index (χ2v) is 8.73. The highest BCUT2D eigenvalue weighted by Gasteiger charge is 2.24. The summed E-state index contributed by atoms with van der Waals surface area (Å²) in [6.07, 6.45) is 3.26. The summed E-state index contributed by atoms with van der Waals surface area (Å²) in [4.78, 5) is 1.51. The third-order valence-corrected chi connectivity index (χ3v) is 6.01.